The van der Waals surface area contributed by atoms with Crippen molar-refractivity contribution < 1.29 is 8.42 Å². The van der Waals surface area contributed by atoms with Gasteiger partial charge in [0.2, 0.25) is 10.0 Å². The SMILES string of the molecule is C#CC(CC)NS(=O)(=O)c1ccc(C#N)cc1Cl. The van der Waals surface area contributed by atoms with Crippen molar-refractivity contribution in [3.05, 3.63) is 28.8 Å². The van der Waals surface area contributed by atoms with Gasteiger partial charge in [-0.3, -0.25) is 0 Å². The van der Waals surface area contributed by atoms with Crippen LogP contribution < -0.4 is 4.72 Å². The van der Waals surface area contributed by atoms with E-state index in [0.717, 1.165) is 0 Å². The molecule has 0 saturated heterocycles. The van der Waals surface area contributed by atoms with Crippen molar-refractivity contribution in [3.63, 3.8) is 0 Å². The Kier molecular flexibility index (Phi) is 4.75. The number of nitrogens with zero attached hydrogens (tertiary/aromatic N) is 1. The van der Waals surface area contributed by atoms with Crippen molar-refractivity contribution >= 4 is 21.6 Å². The number of halogens is 1. The van der Waals surface area contributed by atoms with Gasteiger partial charge in [-0.1, -0.05) is 24.4 Å². The summed E-state index contributed by atoms with van der Waals surface area (Å²) in [6.45, 7) is 1.77. The van der Waals surface area contributed by atoms with Gasteiger partial charge < -0.3 is 0 Å². The van der Waals surface area contributed by atoms with Crippen molar-refractivity contribution in [2.24, 2.45) is 0 Å². The average Bonchev–Trinajstić information content (AvgIpc) is 2.35. The van der Waals surface area contributed by atoms with Gasteiger partial charge in [0.1, 0.15) is 4.90 Å². The van der Waals surface area contributed by atoms with Gasteiger partial charge in [0, 0.05) is 0 Å². The minimum Gasteiger partial charge on any atom is -0.207 e. The molecule has 0 amide bonds. The molecule has 1 unspecified atom stereocenters. The minimum absolute atomic E-state index is 0.00609. The summed E-state index contributed by atoms with van der Waals surface area (Å²) >= 11 is 5.84. The summed E-state index contributed by atoms with van der Waals surface area (Å²) in [6.07, 6.45) is 5.68. The van der Waals surface area contributed by atoms with Crippen LogP contribution in [0.5, 0.6) is 0 Å². The van der Waals surface area contributed by atoms with Crippen molar-refractivity contribution in [2.45, 2.75) is 24.3 Å². The van der Waals surface area contributed by atoms with Crippen LogP contribution in [0.2, 0.25) is 5.02 Å². The van der Waals surface area contributed by atoms with Crippen LogP contribution in [0.25, 0.3) is 0 Å². The molecule has 0 aliphatic rings. The first-order chi connectivity index (χ1) is 8.44. The lowest BCUT2D eigenvalue weighted by molar-refractivity contribution is 0.570. The maximum absolute atomic E-state index is 12.0. The molecular formula is C12H11ClN2O2S. The standard InChI is InChI=1S/C12H11ClN2O2S/c1-3-10(4-2)15-18(16,17)12-6-5-9(8-14)7-11(12)13/h1,5-7,10,15H,4H2,2H3. The van der Waals surface area contributed by atoms with Crippen molar-refractivity contribution in [1.82, 2.24) is 4.72 Å². The highest BCUT2D eigenvalue weighted by Gasteiger charge is 2.20. The van der Waals surface area contributed by atoms with Crippen LogP contribution in [0.3, 0.4) is 0 Å². The van der Waals surface area contributed by atoms with E-state index in [-0.39, 0.29) is 9.92 Å². The Bertz CT molecular complexity index is 626. The smallest absolute Gasteiger partial charge is 0.207 e. The summed E-state index contributed by atoms with van der Waals surface area (Å²) in [5.74, 6) is 2.33. The normalized spacial score (nSPS) is 12.4. The molecule has 1 rings (SSSR count). The predicted octanol–water partition coefficient (Wildman–Crippen LogP) is 1.90. The number of hydrogen-bond acceptors (Lipinski definition) is 3. The van der Waals surface area contributed by atoms with Gasteiger partial charge in [-0.15, -0.1) is 6.42 Å². The molecule has 1 atom stereocenters. The zero-order valence-corrected chi connectivity index (χ0v) is 11.2. The maximum Gasteiger partial charge on any atom is 0.243 e. The molecule has 0 aliphatic carbocycles. The van der Waals surface area contributed by atoms with Crippen molar-refractivity contribution in [3.8, 4) is 18.4 Å². The second-order valence-corrected chi connectivity index (χ2v) is 5.60. The average molecular weight is 283 g/mol. The van der Waals surface area contributed by atoms with Gasteiger partial charge in [-0.05, 0) is 24.6 Å². The fraction of sp³-hybridized carbons (Fsp3) is 0.250. The molecule has 4 nitrogen and oxygen atoms in total. The third-order valence-corrected chi connectivity index (χ3v) is 4.21. The largest absolute Gasteiger partial charge is 0.243 e. The first-order valence-corrected chi connectivity index (χ1v) is 6.98. The maximum atomic E-state index is 12.0. The fourth-order valence-electron chi connectivity index (χ4n) is 1.27. The lowest BCUT2D eigenvalue weighted by atomic mass is 10.2. The van der Waals surface area contributed by atoms with E-state index in [1.165, 1.54) is 18.2 Å². The molecule has 0 heterocycles. The highest BCUT2D eigenvalue weighted by atomic mass is 35.5. The summed E-state index contributed by atoms with van der Waals surface area (Å²) < 4.78 is 26.4. The number of benzene rings is 1. The number of sulfonamides is 1. The molecular weight excluding hydrogens is 272 g/mol. The Morgan fingerprint density at radius 3 is 2.67 bits per heavy atom. The Hall–Kier alpha value is -1.53. The summed E-state index contributed by atoms with van der Waals surface area (Å²) in [5, 5.41) is 8.67. The summed E-state index contributed by atoms with van der Waals surface area (Å²) in [4.78, 5) is -0.0862. The fourth-order valence-corrected chi connectivity index (χ4v) is 3.06. The third kappa shape index (κ3) is 3.24. The van der Waals surface area contributed by atoms with Crippen LogP contribution in [0, 0.1) is 23.7 Å². The first kappa shape index (κ1) is 14.5. The monoisotopic (exact) mass is 282 g/mol. The molecule has 6 heteroatoms. The predicted molar refractivity (Wildman–Crippen MR) is 69.4 cm³/mol. The van der Waals surface area contributed by atoms with E-state index in [1.807, 2.05) is 6.07 Å². The number of nitriles is 1. The zero-order valence-electron chi connectivity index (χ0n) is 9.64. The van der Waals surface area contributed by atoms with E-state index >= 15 is 0 Å². The summed E-state index contributed by atoms with van der Waals surface area (Å²) in [7, 11) is -3.77. The van der Waals surface area contributed by atoms with Gasteiger partial charge in [-0.2, -0.15) is 9.98 Å². The van der Waals surface area contributed by atoms with E-state index in [2.05, 4.69) is 10.6 Å². The lowest BCUT2D eigenvalue weighted by Crippen LogP contribution is -2.33. The second-order valence-electron chi connectivity index (χ2n) is 3.51. The highest BCUT2D eigenvalue weighted by Crippen LogP contribution is 2.22. The van der Waals surface area contributed by atoms with E-state index in [4.69, 9.17) is 23.3 Å². The third-order valence-electron chi connectivity index (χ3n) is 2.26. The van der Waals surface area contributed by atoms with Crippen LogP contribution in [-0.4, -0.2) is 14.5 Å². The number of nitrogens with one attached hydrogen (secondary N) is 1. The minimum atomic E-state index is -3.77. The molecule has 1 aromatic rings. The molecule has 0 saturated carbocycles. The first-order valence-electron chi connectivity index (χ1n) is 5.12. The Morgan fingerprint density at radius 2 is 2.22 bits per heavy atom. The van der Waals surface area contributed by atoms with E-state index in [1.54, 1.807) is 6.92 Å². The van der Waals surface area contributed by atoms with Gasteiger partial charge in [-0.25, -0.2) is 8.42 Å². The van der Waals surface area contributed by atoms with E-state index < -0.39 is 16.1 Å². The lowest BCUT2D eigenvalue weighted by Gasteiger charge is -2.12. The molecule has 94 valence electrons. The van der Waals surface area contributed by atoms with Gasteiger partial charge >= 0.3 is 0 Å². The van der Waals surface area contributed by atoms with Crippen molar-refractivity contribution in [1.29, 1.82) is 5.26 Å². The number of terminal acetylenes is 1. The van der Waals surface area contributed by atoms with Crippen LogP contribution in [-0.2, 0) is 10.0 Å². The number of rotatable bonds is 4. The van der Waals surface area contributed by atoms with E-state index in [9.17, 15) is 8.42 Å². The molecule has 1 aromatic carbocycles. The topological polar surface area (TPSA) is 70.0 Å². The molecule has 0 fully saturated rings. The van der Waals surface area contributed by atoms with Gasteiger partial charge in [0.25, 0.3) is 0 Å². The van der Waals surface area contributed by atoms with E-state index in [0.29, 0.717) is 12.0 Å². The molecule has 0 radical (unpaired) electrons. The zero-order chi connectivity index (χ0) is 13.8. The van der Waals surface area contributed by atoms with Gasteiger partial charge in [0.05, 0.1) is 22.7 Å². The molecule has 0 aliphatic heterocycles. The van der Waals surface area contributed by atoms with Crippen LogP contribution in [0.1, 0.15) is 18.9 Å². The van der Waals surface area contributed by atoms with Crippen LogP contribution >= 0.6 is 11.6 Å². The molecule has 0 aromatic heterocycles. The molecule has 0 bridgehead atoms. The Labute approximate surface area is 112 Å². The molecule has 0 spiro atoms. The number of hydrogen-bond donors (Lipinski definition) is 1. The second kappa shape index (κ2) is 5.88. The molecule has 18 heavy (non-hydrogen) atoms. The summed E-state index contributed by atoms with van der Waals surface area (Å²) in [6, 6.07) is 5.26. The Balaban J connectivity index is 3.15. The van der Waals surface area contributed by atoms with Crippen LogP contribution in [0.4, 0.5) is 0 Å². The van der Waals surface area contributed by atoms with Crippen molar-refractivity contribution in [2.75, 3.05) is 0 Å². The van der Waals surface area contributed by atoms with Gasteiger partial charge in [0.15, 0.2) is 0 Å². The quantitative estimate of drug-likeness (QED) is 0.858. The molecule has 1 N–H and O–H groups in total. The highest BCUT2D eigenvalue weighted by molar-refractivity contribution is 7.89. The summed E-state index contributed by atoms with van der Waals surface area (Å²) in [5.41, 5.74) is 0.294. The Morgan fingerprint density at radius 1 is 1.56 bits per heavy atom. The van der Waals surface area contributed by atoms with Crippen LogP contribution in [0.15, 0.2) is 23.1 Å².